The Morgan fingerprint density at radius 1 is 1.15 bits per heavy atom. The minimum atomic E-state index is -3.54. The lowest BCUT2D eigenvalue weighted by Gasteiger charge is -2.37. The Morgan fingerprint density at radius 2 is 1.95 bits per heavy atom. The number of sulfonamides is 1. The first-order valence-electron chi connectivity index (χ1n) is 13.7. The molecule has 5 rings (SSSR count). The number of aryl methyl sites for hydroxylation is 2. The van der Waals surface area contributed by atoms with Gasteiger partial charge in [0.2, 0.25) is 10.0 Å². The number of anilines is 2. The van der Waals surface area contributed by atoms with E-state index in [-0.39, 0.29) is 11.9 Å². The number of fused-ring (bicyclic) bond motifs is 1. The summed E-state index contributed by atoms with van der Waals surface area (Å²) in [5.74, 6) is 1.32. The maximum Gasteiger partial charge on any atom is 0.256 e. The predicted octanol–water partition coefficient (Wildman–Crippen LogP) is 3.52. The minimum absolute atomic E-state index is 0.197. The van der Waals surface area contributed by atoms with Crippen molar-refractivity contribution in [2.75, 3.05) is 42.1 Å². The molecular formula is C28H39N7O3S. The molecule has 0 saturated carbocycles. The molecule has 1 aromatic carbocycles. The molecule has 2 atom stereocenters. The number of aromatic nitrogens is 3. The zero-order valence-electron chi connectivity index (χ0n) is 23.4. The summed E-state index contributed by atoms with van der Waals surface area (Å²) >= 11 is 0. The molecule has 2 fully saturated rings. The summed E-state index contributed by atoms with van der Waals surface area (Å²) in [6.07, 6.45) is 5.78. The van der Waals surface area contributed by atoms with E-state index in [1.165, 1.54) is 0 Å². The molecule has 2 saturated heterocycles. The predicted molar refractivity (Wildman–Crippen MR) is 154 cm³/mol. The molecule has 4 heterocycles. The van der Waals surface area contributed by atoms with Gasteiger partial charge in [0.05, 0.1) is 29.2 Å². The van der Waals surface area contributed by atoms with Crippen LogP contribution in [0.2, 0.25) is 0 Å². The fourth-order valence-electron chi connectivity index (χ4n) is 5.68. The highest BCUT2D eigenvalue weighted by Crippen LogP contribution is 2.34. The highest BCUT2D eigenvalue weighted by molar-refractivity contribution is 7.92. The second-order valence-corrected chi connectivity index (χ2v) is 13.1. The lowest BCUT2D eigenvalue weighted by atomic mass is 9.97. The number of piperidine rings is 1. The summed E-state index contributed by atoms with van der Waals surface area (Å²) < 4.78 is 28.3. The van der Waals surface area contributed by atoms with Crippen molar-refractivity contribution in [1.82, 2.24) is 24.8 Å². The molecule has 2 aromatic heterocycles. The average molecular weight is 554 g/mol. The van der Waals surface area contributed by atoms with Crippen LogP contribution >= 0.6 is 0 Å². The number of piperazine rings is 1. The molecule has 2 N–H and O–H groups in total. The third kappa shape index (κ3) is 5.89. The third-order valence-corrected chi connectivity index (χ3v) is 8.33. The van der Waals surface area contributed by atoms with Crippen molar-refractivity contribution in [3.05, 3.63) is 52.8 Å². The zero-order valence-corrected chi connectivity index (χ0v) is 24.3. The molecule has 3 aromatic rings. The molecule has 11 heteroatoms. The number of carbonyl (C=O) groups is 1. The Bertz CT molecular complexity index is 1480. The number of carbonyl (C=O) groups excluding carboxylic acids is 1. The van der Waals surface area contributed by atoms with Crippen LogP contribution in [0.3, 0.4) is 0 Å². The molecule has 0 unspecified atom stereocenters. The number of benzene rings is 1. The molecule has 10 nitrogen and oxygen atoms in total. The van der Waals surface area contributed by atoms with Gasteiger partial charge in [0, 0.05) is 50.0 Å². The van der Waals surface area contributed by atoms with Gasteiger partial charge in [-0.05, 0) is 51.2 Å². The summed E-state index contributed by atoms with van der Waals surface area (Å²) in [5.41, 5.74) is 4.17. The van der Waals surface area contributed by atoms with Gasteiger partial charge >= 0.3 is 0 Å². The van der Waals surface area contributed by atoms with Crippen LogP contribution in [0.25, 0.3) is 5.65 Å². The van der Waals surface area contributed by atoms with Crippen LogP contribution in [0.15, 0.2) is 30.5 Å². The first-order valence-corrected chi connectivity index (χ1v) is 15.6. The summed E-state index contributed by atoms with van der Waals surface area (Å²) in [7, 11) is -3.54. The Kier molecular flexibility index (Phi) is 7.56. The number of amides is 1. The van der Waals surface area contributed by atoms with E-state index in [1.807, 2.05) is 28.6 Å². The van der Waals surface area contributed by atoms with Crippen molar-refractivity contribution >= 4 is 33.1 Å². The second-order valence-electron chi connectivity index (χ2n) is 11.3. The van der Waals surface area contributed by atoms with E-state index in [0.29, 0.717) is 29.8 Å². The molecule has 0 spiro atoms. The highest BCUT2D eigenvalue weighted by atomic mass is 32.2. The van der Waals surface area contributed by atoms with Crippen molar-refractivity contribution in [2.24, 2.45) is 5.92 Å². The average Bonchev–Trinajstić information content (AvgIpc) is 3.30. The SMILES string of the molecule is Cc1ccc(NS(C)(=O)=O)c(C(=O)N2CCCC[C@H]2c2cc3nc(N4CCN[C@@H](C(C)C)C4)c(C)cn3n2)c1. The molecule has 2 aliphatic rings. The normalized spacial score (nSPS) is 20.6. The fraction of sp³-hybridized carbons (Fsp3) is 0.536. The molecular weight excluding hydrogens is 514 g/mol. The number of nitrogens with zero attached hydrogens (tertiary/aromatic N) is 5. The van der Waals surface area contributed by atoms with E-state index in [2.05, 4.69) is 35.7 Å². The van der Waals surface area contributed by atoms with Crippen molar-refractivity contribution in [3.8, 4) is 0 Å². The van der Waals surface area contributed by atoms with Crippen LogP contribution in [0.1, 0.15) is 66.3 Å². The van der Waals surface area contributed by atoms with Gasteiger partial charge in [-0.1, -0.05) is 25.5 Å². The largest absolute Gasteiger partial charge is 0.353 e. The van der Waals surface area contributed by atoms with E-state index in [9.17, 15) is 13.2 Å². The lowest BCUT2D eigenvalue weighted by molar-refractivity contribution is 0.0606. The monoisotopic (exact) mass is 553 g/mol. The van der Waals surface area contributed by atoms with Gasteiger partial charge in [-0.3, -0.25) is 9.52 Å². The lowest BCUT2D eigenvalue weighted by Crippen LogP contribution is -2.53. The van der Waals surface area contributed by atoms with Crippen molar-refractivity contribution < 1.29 is 13.2 Å². The minimum Gasteiger partial charge on any atom is -0.353 e. The van der Waals surface area contributed by atoms with Crippen molar-refractivity contribution in [1.29, 1.82) is 0 Å². The van der Waals surface area contributed by atoms with Crippen LogP contribution in [0, 0.1) is 19.8 Å². The molecule has 0 aliphatic carbocycles. The molecule has 1 amide bonds. The van der Waals surface area contributed by atoms with E-state index in [0.717, 1.165) is 73.4 Å². The highest BCUT2D eigenvalue weighted by Gasteiger charge is 2.32. The Balaban J connectivity index is 1.46. The number of likely N-dealkylation sites (tertiary alicyclic amines) is 1. The van der Waals surface area contributed by atoms with Crippen LogP contribution < -0.4 is 14.9 Å². The van der Waals surface area contributed by atoms with E-state index < -0.39 is 10.0 Å². The second kappa shape index (κ2) is 10.8. The Labute approximate surface area is 230 Å². The van der Waals surface area contributed by atoms with Crippen molar-refractivity contribution in [3.63, 3.8) is 0 Å². The van der Waals surface area contributed by atoms with Gasteiger partial charge in [0.1, 0.15) is 5.82 Å². The number of hydrogen-bond donors (Lipinski definition) is 2. The Hall–Kier alpha value is -3.18. The molecule has 39 heavy (non-hydrogen) atoms. The van der Waals surface area contributed by atoms with E-state index in [4.69, 9.17) is 10.1 Å². The zero-order chi connectivity index (χ0) is 27.9. The van der Waals surface area contributed by atoms with Gasteiger partial charge in [-0.25, -0.2) is 17.9 Å². The van der Waals surface area contributed by atoms with Gasteiger partial charge in [0.25, 0.3) is 5.91 Å². The van der Waals surface area contributed by atoms with Gasteiger partial charge in [0.15, 0.2) is 5.65 Å². The summed E-state index contributed by atoms with van der Waals surface area (Å²) in [6, 6.07) is 7.40. The van der Waals surface area contributed by atoms with Gasteiger partial charge in [-0.15, -0.1) is 0 Å². The maximum absolute atomic E-state index is 13.9. The molecule has 0 bridgehead atoms. The molecule has 0 radical (unpaired) electrons. The topological polar surface area (TPSA) is 112 Å². The van der Waals surface area contributed by atoms with Crippen LogP contribution in [0.5, 0.6) is 0 Å². The first-order chi connectivity index (χ1) is 18.5. The summed E-state index contributed by atoms with van der Waals surface area (Å²) in [5, 5.41) is 8.48. The smallest absolute Gasteiger partial charge is 0.256 e. The molecule has 2 aliphatic heterocycles. The van der Waals surface area contributed by atoms with Crippen LogP contribution in [-0.2, 0) is 10.0 Å². The van der Waals surface area contributed by atoms with Crippen molar-refractivity contribution in [2.45, 2.75) is 59.0 Å². The number of rotatable bonds is 6. The standard InChI is InChI=1S/C28H39N7O3S/c1-18(2)24-17-33(13-11-29-24)27-20(4)16-35-26(30-27)15-23(31-35)25-8-6-7-12-34(25)28(36)21-14-19(3)9-10-22(21)32-39(5,37)38/h9-10,14-16,18,24-25,29,32H,6-8,11-13,17H2,1-5H3/t24-,25+/m1/s1. The van der Waals surface area contributed by atoms with Crippen LogP contribution in [-0.4, -0.2) is 72.3 Å². The van der Waals surface area contributed by atoms with E-state index >= 15 is 0 Å². The summed E-state index contributed by atoms with van der Waals surface area (Å²) in [6.45, 7) is 11.8. The third-order valence-electron chi connectivity index (χ3n) is 7.74. The van der Waals surface area contributed by atoms with E-state index in [1.54, 1.807) is 18.2 Å². The summed E-state index contributed by atoms with van der Waals surface area (Å²) in [4.78, 5) is 23.1. The maximum atomic E-state index is 13.9. The quantitative estimate of drug-likeness (QED) is 0.480. The number of nitrogens with one attached hydrogen (secondary N) is 2. The number of hydrogen-bond acceptors (Lipinski definition) is 7. The first kappa shape index (κ1) is 27.4. The Morgan fingerprint density at radius 3 is 2.69 bits per heavy atom. The molecule has 210 valence electrons. The fourth-order valence-corrected chi connectivity index (χ4v) is 6.26. The van der Waals surface area contributed by atoms with Gasteiger partial charge in [-0.2, -0.15) is 5.10 Å². The van der Waals surface area contributed by atoms with Crippen LogP contribution in [0.4, 0.5) is 11.5 Å². The van der Waals surface area contributed by atoms with Gasteiger partial charge < -0.3 is 15.1 Å².